The lowest BCUT2D eigenvalue weighted by Gasteiger charge is -2.29. The van der Waals surface area contributed by atoms with Gasteiger partial charge in [-0.2, -0.15) is 0 Å². The quantitative estimate of drug-likeness (QED) is 0.179. The highest BCUT2D eigenvalue weighted by Crippen LogP contribution is 2.58. The van der Waals surface area contributed by atoms with E-state index in [1.807, 2.05) is 11.3 Å². The van der Waals surface area contributed by atoms with E-state index in [0.29, 0.717) is 0 Å². The van der Waals surface area contributed by atoms with Crippen molar-refractivity contribution in [2.24, 2.45) is 0 Å². The first-order valence-electron chi connectivity index (χ1n) is 24.5. The first-order valence-corrected chi connectivity index (χ1v) is 25.3. The zero-order valence-electron chi connectivity index (χ0n) is 41.2. The maximum absolute atomic E-state index is 6.84. The molecule has 13 rings (SSSR count). The van der Waals surface area contributed by atoms with Gasteiger partial charge in [-0.25, -0.2) is 0 Å². The maximum Gasteiger partial charge on any atom is 0.198 e. The maximum atomic E-state index is 6.84. The van der Waals surface area contributed by atoms with E-state index >= 15 is 0 Å². The van der Waals surface area contributed by atoms with E-state index in [-0.39, 0.29) is 21.7 Å². The fourth-order valence-corrected chi connectivity index (χ4v) is 13.1. The molecule has 0 amide bonds. The van der Waals surface area contributed by atoms with E-state index in [4.69, 9.17) is 4.42 Å². The first kappa shape index (κ1) is 41.6. The topological polar surface area (TPSA) is 30.1 Å². The second kappa shape index (κ2) is 13.8. The Morgan fingerprint density at radius 2 is 1.22 bits per heavy atom. The number of aromatic nitrogens is 1. The van der Waals surface area contributed by atoms with Crippen LogP contribution in [0.3, 0.4) is 0 Å². The van der Waals surface area contributed by atoms with Crippen LogP contribution in [0.15, 0.2) is 138 Å². The second-order valence-corrected chi connectivity index (χ2v) is 24.6. The van der Waals surface area contributed by atoms with Crippen molar-refractivity contribution in [2.75, 3.05) is 5.32 Å². The summed E-state index contributed by atoms with van der Waals surface area (Å²) in [6, 6.07) is 51.2. The van der Waals surface area contributed by atoms with Gasteiger partial charge in [0, 0.05) is 75.7 Å². The van der Waals surface area contributed by atoms with Crippen LogP contribution in [0.4, 0.5) is 11.4 Å². The fraction of sp³-hybridized carbons (Fsp3) is 0.238. The molecule has 1 aliphatic carbocycles. The van der Waals surface area contributed by atoms with Gasteiger partial charge in [-0.05, 0) is 127 Å². The SMILES string of the molecule is CC(C)(C)c1ccc(Nc2cc3oc4ccc(C(C)(C)C)cc4c3cc2-c2c3c(c4c5cc(C(C)(C)C)ccc5n5c4c2Bc2cc4sc6ccccc6c4cc2-5)C(C)(C)c2ccccc2-3)cc1. The molecule has 11 aromatic rings. The molecule has 68 heavy (non-hydrogen) atoms. The van der Waals surface area contributed by atoms with Crippen molar-refractivity contribution in [3.63, 3.8) is 0 Å². The molecule has 0 saturated heterocycles. The summed E-state index contributed by atoms with van der Waals surface area (Å²) in [4.78, 5) is 0. The van der Waals surface area contributed by atoms with Crippen LogP contribution in [0, 0.1) is 0 Å². The van der Waals surface area contributed by atoms with Crippen molar-refractivity contribution >= 4 is 105 Å². The number of fused-ring (bicyclic) bond motifs is 15. The van der Waals surface area contributed by atoms with Crippen molar-refractivity contribution in [2.45, 2.75) is 97.8 Å². The summed E-state index contributed by atoms with van der Waals surface area (Å²) < 4.78 is 12.2. The van der Waals surface area contributed by atoms with Crippen molar-refractivity contribution in [3.05, 3.63) is 161 Å². The van der Waals surface area contributed by atoms with Crippen LogP contribution in [0.1, 0.15) is 104 Å². The van der Waals surface area contributed by atoms with Gasteiger partial charge in [0.2, 0.25) is 0 Å². The Kier molecular flexibility index (Phi) is 8.44. The van der Waals surface area contributed by atoms with E-state index < -0.39 is 0 Å². The highest BCUT2D eigenvalue weighted by molar-refractivity contribution is 7.26. The average molecular weight is 901 g/mol. The second-order valence-electron chi connectivity index (χ2n) is 23.5. The molecule has 5 heteroatoms. The number of anilines is 2. The number of hydrogen-bond donors (Lipinski definition) is 1. The van der Waals surface area contributed by atoms with Gasteiger partial charge in [0.1, 0.15) is 11.2 Å². The number of nitrogens with one attached hydrogen (secondary N) is 1. The molecule has 0 unspecified atom stereocenters. The summed E-state index contributed by atoms with van der Waals surface area (Å²) in [6.07, 6.45) is 0. The summed E-state index contributed by atoms with van der Waals surface area (Å²) in [5, 5.41) is 11.7. The summed E-state index contributed by atoms with van der Waals surface area (Å²) in [6.45, 7) is 25.7. The Balaban J connectivity index is 1.21. The number of rotatable bonds is 3. The summed E-state index contributed by atoms with van der Waals surface area (Å²) in [5.41, 5.74) is 22.2. The minimum absolute atomic E-state index is 0.0138. The minimum atomic E-state index is -0.283. The molecule has 3 aromatic heterocycles. The van der Waals surface area contributed by atoms with Crippen LogP contribution in [-0.4, -0.2) is 11.8 Å². The zero-order chi connectivity index (χ0) is 47.0. The van der Waals surface area contributed by atoms with Crippen LogP contribution >= 0.6 is 11.3 Å². The van der Waals surface area contributed by atoms with Gasteiger partial charge in [-0.1, -0.05) is 148 Å². The lowest BCUT2D eigenvalue weighted by Crippen LogP contribution is -2.38. The Labute approximate surface area is 404 Å². The molecule has 0 atom stereocenters. The van der Waals surface area contributed by atoms with Gasteiger partial charge >= 0.3 is 0 Å². The van der Waals surface area contributed by atoms with Crippen LogP contribution in [0.2, 0.25) is 0 Å². The third-order valence-electron chi connectivity index (χ3n) is 15.6. The molecule has 1 aliphatic heterocycles. The van der Waals surface area contributed by atoms with Gasteiger partial charge in [-0.15, -0.1) is 11.3 Å². The van der Waals surface area contributed by atoms with E-state index in [2.05, 4.69) is 220 Å². The molecule has 0 saturated carbocycles. The zero-order valence-corrected chi connectivity index (χ0v) is 42.0. The first-order chi connectivity index (χ1) is 32.3. The van der Waals surface area contributed by atoms with Crippen molar-refractivity contribution < 1.29 is 4.42 Å². The van der Waals surface area contributed by atoms with Gasteiger partial charge in [0.15, 0.2) is 7.28 Å². The van der Waals surface area contributed by atoms with Crippen LogP contribution < -0.4 is 16.2 Å². The van der Waals surface area contributed by atoms with Crippen molar-refractivity contribution in [1.82, 2.24) is 4.57 Å². The van der Waals surface area contributed by atoms with Crippen molar-refractivity contribution in [1.29, 1.82) is 0 Å². The standard InChI is InChI=1S/C63H57BN2OS/c1-60(2,3)34-20-24-37(25-21-34)65-47-33-51-41(40-28-36(62(7,8)9)23-27-50(40)67-51)30-43(47)55-54-39-17-12-14-18-45(39)63(10,11)57(54)56-44-29-35(61(4,5)6)22-26-48(44)66-49-31-42-38-16-13-15-19-52(38)68-53(42)32-46(49)64-58(55)59(56)66/h12-33,64-65H,1-11H3. The summed E-state index contributed by atoms with van der Waals surface area (Å²) in [5.74, 6) is 0. The van der Waals surface area contributed by atoms with Crippen LogP contribution in [0.25, 0.3) is 91.9 Å². The molecule has 0 bridgehead atoms. The molecule has 8 aromatic carbocycles. The predicted octanol–water partition coefficient (Wildman–Crippen LogP) is 16.4. The van der Waals surface area contributed by atoms with Gasteiger partial charge in [-0.3, -0.25) is 0 Å². The number of thiophene rings is 1. The molecular formula is C63H57BN2OS. The molecule has 0 fully saturated rings. The third kappa shape index (κ3) is 5.90. The number of nitrogens with zero attached hydrogens (tertiary/aromatic N) is 1. The molecule has 3 nitrogen and oxygen atoms in total. The van der Waals surface area contributed by atoms with Gasteiger partial charge < -0.3 is 14.3 Å². The summed E-state index contributed by atoms with van der Waals surface area (Å²) >= 11 is 1.91. The monoisotopic (exact) mass is 900 g/mol. The number of hydrogen-bond acceptors (Lipinski definition) is 3. The van der Waals surface area contributed by atoms with Gasteiger partial charge in [0.05, 0.1) is 11.2 Å². The lowest BCUT2D eigenvalue weighted by atomic mass is 9.57. The summed E-state index contributed by atoms with van der Waals surface area (Å²) in [7, 11) is 0.807. The Morgan fingerprint density at radius 3 is 1.97 bits per heavy atom. The highest BCUT2D eigenvalue weighted by atomic mass is 32.1. The van der Waals surface area contributed by atoms with Crippen LogP contribution in [-0.2, 0) is 21.7 Å². The molecule has 0 radical (unpaired) electrons. The molecular weight excluding hydrogens is 844 g/mol. The molecule has 2 aliphatic rings. The molecule has 1 N–H and O–H groups in total. The van der Waals surface area contributed by atoms with E-state index in [1.165, 1.54) is 109 Å². The normalized spacial score (nSPS) is 14.3. The lowest BCUT2D eigenvalue weighted by molar-refractivity contribution is 0.590. The van der Waals surface area contributed by atoms with Gasteiger partial charge in [0.25, 0.3) is 0 Å². The largest absolute Gasteiger partial charge is 0.456 e. The Hall–Kier alpha value is -6.56. The number of furan rings is 1. The van der Waals surface area contributed by atoms with Crippen molar-refractivity contribution in [3.8, 4) is 27.9 Å². The Morgan fingerprint density at radius 1 is 0.559 bits per heavy atom. The van der Waals surface area contributed by atoms with E-state index in [0.717, 1.165) is 40.6 Å². The van der Waals surface area contributed by atoms with Crippen LogP contribution in [0.5, 0.6) is 0 Å². The molecule has 0 spiro atoms. The highest BCUT2D eigenvalue weighted by Gasteiger charge is 2.43. The fourth-order valence-electron chi connectivity index (χ4n) is 12.0. The smallest absolute Gasteiger partial charge is 0.198 e. The third-order valence-corrected chi connectivity index (χ3v) is 16.8. The average Bonchev–Trinajstić information content (AvgIpc) is 4.01. The Bertz CT molecular complexity index is 3990. The minimum Gasteiger partial charge on any atom is -0.456 e. The molecule has 334 valence electrons. The van der Waals surface area contributed by atoms with E-state index in [9.17, 15) is 0 Å². The van der Waals surface area contributed by atoms with E-state index in [1.54, 1.807) is 0 Å². The number of benzene rings is 8. The predicted molar refractivity (Wildman–Crippen MR) is 296 cm³/mol. The molecule has 4 heterocycles.